The molecule has 1 aliphatic carbocycles. The number of unbranched alkanes of at least 4 members (excludes halogenated alkanes) is 4. The Morgan fingerprint density at radius 2 is 1.82 bits per heavy atom. The summed E-state index contributed by atoms with van der Waals surface area (Å²) in [5.74, 6) is 0.953. The summed E-state index contributed by atoms with van der Waals surface area (Å²) >= 11 is 0. The second kappa shape index (κ2) is 8.10. The number of hydrogen-bond donors (Lipinski definition) is 1. The maximum Gasteiger partial charge on any atom is 0.0218 e. The minimum absolute atomic E-state index is 0.604. The first-order chi connectivity index (χ1) is 8.20. The lowest BCUT2D eigenvalue weighted by molar-refractivity contribution is 0.160. The van der Waals surface area contributed by atoms with Crippen LogP contribution in [0.3, 0.4) is 0 Å². The van der Waals surface area contributed by atoms with E-state index < -0.39 is 0 Å². The largest absolute Gasteiger partial charge is 0.329 e. The zero-order valence-corrected chi connectivity index (χ0v) is 12.1. The molecule has 0 aliphatic heterocycles. The first-order valence-electron chi connectivity index (χ1n) is 7.62. The molecule has 2 nitrogen and oxygen atoms in total. The second-order valence-electron chi connectivity index (χ2n) is 5.84. The summed E-state index contributed by atoms with van der Waals surface area (Å²) < 4.78 is 0. The summed E-state index contributed by atoms with van der Waals surface area (Å²) in [5, 5.41) is 0. The van der Waals surface area contributed by atoms with Gasteiger partial charge in [0.2, 0.25) is 0 Å². The summed E-state index contributed by atoms with van der Waals surface area (Å²) in [5.41, 5.74) is 5.93. The third kappa shape index (κ3) is 5.39. The van der Waals surface area contributed by atoms with E-state index in [1.54, 1.807) is 0 Å². The summed E-state index contributed by atoms with van der Waals surface area (Å²) in [6, 6.07) is 1.34. The normalized spacial score (nSPS) is 19.6. The van der Waals surface area contributed by atoms with E-state index in [1.165, 1.54) is 51.4 Å². The van der Waals surface area contributed by atoms with Crippen LogP contribution in [0.15, 0.2) is 0 Å². The van der Waals surface area contributed by atoms with Gasteiger partial charge in [-0.3, -0.25) is 4.90 Å². The van der Waals surface area contributed by atoms with Gasteiger partial charge in [-0.1, -0.05) is 39.0 Å². The zero-order chi connectivity index (χ0) is 12.7. The number of nitrogens with zero attached hydrogens (tertiary/aromatic N) is 1. The molecule has 1 rings (SSSR count). The van der Waals surface area contributed by atoms with Crippen LogP contribution in [0.2, 0.25) is 0 Å². The minimum atomic E-state index is 0.604. The highest BCUT2D eigenvalue weighted by Crippen LogP contribution is 2.35. The summed E-state index contributed by atoms with van der Waals surface area (Å²) in [6.45, 7) is 5.46. The number of likely N-dealkylation sites (N-methyl/N-ethyl adjacent to an activating group) is 1. The average Bonchev–Trinajstić information content (AvgIpc) is 3.16. The molecular formula is C15H32N2. The molecule has 0 bridgehead atoms. The van der Waals surface area contributed by atoms with Crippen LogP contribution >= 0.6 is 0 Å². The van der Waals surface area contributed by atoms with E-state index in [0.717, 1.165) is 18.5 Å². The number of hydrogen-bond acceptors (Lipinski definition) is 2. The van der Waals surface area contributed by atoms with Crippen LogP contribution in [-0.4, -0.2) is 30.6 Å². The molecule has 0 amide bonds. The first kappa shape index (κ1) is 15.0. The molecule has 102 valence electrons. The van der Waals surface area contributed by atoms with Crippen molar-refractivity contribution in [2.45, 2.75) is 77.3 Å². The van der Waals surface area contributed by atoms with Gasteiger partial charge in [0.05, 0.1) is 0 Å². The van der Waals surface area contributed by atoms with Gasteiger partial charge in [-0.15, -0.1) is 0 Å². The molecule has 0 aromatic rings. The Hall–Kier alpha value is -0.0800. The van der Waals surface area contributed by atoms with Crippen molar-refractivity contribution in [2.24, 2.45) is 11.7 Å². The lowest BCUT2D eigenvalue weighted by atomic mass is 10.0. The Bertz CT molecular complexity index is 189. The highest BCUT2D eigenvalue weighted by atomic mass is 15.2. The van der Waals surface area contributed by atoms with Crippen LogP contribution in [0, 0.1) is 5.92 Å². The molecule has 2 heteroatoms. The molecule has 0 aromatic heterocycles. The minimum Gasteiger partial charge on any atom is -0.329 e. The van der Waals surface area contributed by atoms with Crippen LogP contribution in [0.5, 0.6) is 0 Å². The topological polar surface area (TPSA) is 29.3 Å². The molecule has 2 N–H and O–H groups in total. The Balaban J connectivity index is 2.17. The predicted octanol–water partition coefficient (Wildman–Crippen LogP) is 3.40. The van der Waals surface area contributed by atoms with Crippen LogP contribution in [-0.2, 0) is 0 Å². The molecule has 17 heavy (non-hydrogen) atoms. The van der Waals surface area contributed by atoms with E-state index in [9.17, 15) is 0 Å². The Morgan fingerprint density at radius 3 is 2.35 bits per heavy atom. The fourth-order valence-electron chi connectivity index (χ4n) is 2.71. The number of nitrogens with two attached hydrogens (primary N) is 1. The SMILES string of the molecule is CCCCCCCC(CN)N(C)C(C)C1CC1. The highest BCUT2D eigenvalue weighted by Gasteiger charge is 2.32. The predicted molar refractivity (Wildman–Crippen MR) is 76.2 cm³/mol. The van der Waals surface area contributed by atoms with Gasteiger partial charge in [-0.05, 0) is 39.2 Å². The van der Waals surface area contributed by atoms with Crippen LogP contribution < -0.4 is 5.73 Å². The number of rotatable bonds is 10. The maximum atomic E-state index is 5.93. The fraction of sp³-hybridized carbons (Fsp3) is 1.00. The van der Waals surface area contributed by atoms with Crippen molar-refractivity contribution in [3.05, 3.63) is 0 Å². The summed E-state index contributed by atoms with van der Waals surface area (Å²) in [4.78, 5) is 2.54. The molecule has 1 fully saturated rings. The zero-order valence-electron chi connectivity index (χ0n) is 12.1. The van der Waals surface area contributed by atoms with Gasteiger partial charge in [-0.2, -0.15) is 0 Å². The van der Waals surface area contributed by atoms with E-state index in [1.807, 2.05) is 0 Å². The molecule has 0 aromatic carbocycles. The second-order valence-corrected chi connectivity index (χ2v) is 5.84. The van der Waals surface area contributed by atoms with Gasteiger partial charge < -0.3 is 5.73 Å². The van der Waals surface area contributed by atoms with Crippen molar-refractivity contribution in [2.75, 3.05) is 13.6 Å². The van der Waals surface area contributed by atoms with E-state index in [4.69, 9.17) is 5.73 Å². The van der Waals surface area contributed by atoms with Gasteiger partial charge >= 0.3 is 0 Å². The molecule has 0 saturated heterocycles. The van der Waals surface area contributed by atoms with Crippen molar-refractivity contribution < 1.29 is 0 Å². The molecule has 0 heterocycles. The maximum absolute atomic E-state index is 5.93. The smallest absolute Gasteiger partial charge is 0.0218 e. The molecule has 2 atom stereocenters. The Labute approximate surface area is 108 Å². The Kier molecular flexibility index (Phi) is 7.14. The Morgan fingerprint density at radius 1 is 1.18 bits per heavy atom. The molecular weight excluding hydrogens is 208 g/mol. The van der Waals surface area contributed by atoms with Gasteiger partial charge in [0.1, 0.15) is 0 Å². The van der Waals surface area contributed by atoms with Crippen LogP contribution in [0.25, 0.3) is 0 Å². The fourth-order valence-corrected chi connectivity index (χ4v) is 2.71. The molecule has 0 radical (unpaired) electrons. The lowest BCUT2D eigenvalue weighted by Gasteiger charge is -2.32. The van der Waals surface area contributed by atoms with Crippen molar-refractivity contribution in [1.29, 1.82) is 0 Å². The molecule has 2 unspecified atom stereocenters. The average molecular weight is 240 g/mol. The third-order valence-corrected chi connectivity index (χ3v) is 4.44. The first-order valence-corrected chi connectivity index (χ1v) is 7.62. The summed E-state index contributed by atoms with van der Waals surface area (Å²) in [6.07, 6.45) is 11.0. The van der Waals surface area contributed by atoms with Crippen molar-refractivity contribution in [3.8, 4) is 0 Å². The van der Waals surface area contributed by atoms with Gasteiger partial charge in [0.15, 0.2) is 0 Å². The molecule has 1 aliphatic rings. The third-order valence-electron chi connectivity index (χ3n) is 4.44. The van der Waals surface area contributed by atoms with Crippen molar-refractivity contribution >= 4 is 0 Å². The monoisotopic (exact) mass is 240 g/mol. The van der Waals surface area contributed by atoms with E-state index >= 15 is 0 Å². The van der Waals surface area contributed by atoms with E-state index in [0.29, 0.717) is 6.04 Å². The molecule has 1 saturated carbocycles. The van der Waals surface area contributed by atoms with Crippen molar-refractivity contribution in [1.82, 2.24) is 4.90 Å². The van der Waals surface area contributed by atoms with E-state index in [2.05, 4.69) is 25.8 Å². The standard InChI is InChI=1S/C15H32N2/c1-4-5-6-7-8-9-15(12-16)17(3)13(2)14-10-11-14/h13-15H,4-12,16H2,1-3H3. The summed E-state index contributed by atoms with van der Waals surface area (Å²) in [7, 11) is 2.27. The quantitative estimate of drug-likeness (QED) is 0.593. The van der Waals surface area contributed by atoms with Gasteiger partial charge in [0, 0.05) is 18.6 Å². The highest BCUT2D eigenvalue weighted by molar-refractivity contribution is 4.87. The van der Waals surface area contributed by atoms with Gasteiger partial charge in [0.25, 0.3) is 0 Å². The van der Waals surface area contributed by atoms with E-state index in [-0.39, 0.29) is 0 Å². The van der Waals surface area contributed by atoms with Crippen molar-refractivity contribution in [3.63, 3.8) is 0 Å². The van der Waals surface area contributed by atoms with Gasteiger partial charge in [-0.25, -0.2) is 0 Å². The lowest BCUT2D eigenvalue weighted by Crippen LogP contribution is -2.44. The molecule has 0 spiro atoms. The van der Waals surface area contributed by atoms with Crippen LogP contribution in [0.1, 0.15) is 65.2 Å². The van der Waals surface area contributed by atoms with Crippen LogP contribution in [0.4, 0.5) is 0 Å².